The third kappa shape index (κ3) is 6.87. The molecular formula is C32H33N5O2S. The van der Waals surface area contributed by atoms with Crippen molar-refractivity contribution in [3.05, 3.63) is 108 Å². The summed E-state index contributed by atoms with van der Waals surface area (Å²) >= 11 is 1.56. The predicted molar refractivity (Wildman–Crippen MR) is 160 cm³/mol. The fourth-order valence-electron chi connectivity index (χ4n) is 4.72. The Hall–Kier alpha value is -4.17. The van der Waals surface area contributed by atoms with E-state index >= 15 is 0 Å². The summed E-state index contributed by atoms with van der Waals surface area (Å²) in [7, 11) is 2.05. The number of amides is 2. The molecule has 0 N–H and O–H groups in total. The van der Waals surface area contributed by atoms with Gasteiger partial charge in [-0.2, -0.15) is 0 Å². The van der Waals surface area contributed by atoms with Crippen molar-refractivity contribution >= 4 is 29.4 Å². The number of carbonyl (C=O) groups is 2. The molecule has 0 bridgehead atoms. The standard InChI is InChI=1S/C32H33N5O2S/c1-24(38)36-16-18-37(19-17-36)31(39)28-15-9-12-26(20-28)23-40-32-33-29(27-13-7-4-8-14-27)21-30(34-32)35(2)22-25-10-5-3-6-11-25/h3-15,20-21H,16-19,22-23H2,1-2H3. The van der Waals surface area contributed by atoms with Crippen molar-refractivity contribution in [1.29, 1.82) is 0 Å². The van der Waals surface area contributed by atoms with Gasteiger partial charge in [-0.25, -0.2) is 9.97 Å². The van der Waals surface area contributed by atoms with Crippen molar-refractivity contribution in [1.82, 2.24) is 19.8 Å². The van der Waals surface area contributed by atoms with Crippen molar-refractivity contribution in [2.45, 2.75) is 24.4 Å². The Balaban J connectivity index is 1.32. The van der Waals surface area contributed by atoms with Gasteiger partial charge in [0.25, 0.3) is 5.91 Å². The Morgan fingerprint density at radius 2 is 1.45 bits per heavy atom. The summed E-state index contributed by atoms with van der Waals surface area (Å²) in [5.41, 5.74) is 4.83. The zero-order valence-electron chi connectivity index (χ0n) is 22.9. The summed E-state index contributed by atoms with van der Waals surface area (Å²) in [5.74, 6) is 1.55. The second kappa shape index (κ2) is 12.8. The first-order valence-corrected chi connectivity index (χ1v) is 14.4. The Morgan fingerprint density at radius 1 is 0.800 bits per heavy atom. The van der Waals surface area contributed by atoms with Crippen LogP contribution in [-0.4, -0.2) is 64.8 Å². The number of anilines is 1. The van der Waals surface area contributed by atoms with Crippen molar-refractivity contribution in [3.8, 4) is 11.3 Å². The molecule has 4 aromatic rings. The van der Waals surface area contributed by atoms with Gasteiger partial charge in [0.1, 0.15) is 5.82 Å². The Kier molecular flexibility index (Phi) is 8.76. The molecule has 5 rings (SSSR count). The first kappa shape index (κ1) is 27.4. The highest BCUT2D eigenvalue weighted by Crippen LogP contribution is 2.28. The smallest absolute Gasteiger partial charge is 0.253 e. The molecule has 3 aromatic carbocycles. The number of carbonyl (C=O) groups excluding carboxylic acids is 2. The van der Waals surface area contributed by atoms with E-state index in [0.717, 1.165) is 29.2 Å². The number of hydrogen-bond acceptors (Lipinski definition) is 6. The molecule has 0 aliphatic carbocycles. The minimum atomic E-state index is 0.00204. The Labute approximate surface area is 239 Å². The molecule has 1 aliphatic heterocycles. The fraction of sp³-hybridized carbons (Fsp3) is 0.250. The molecule has 40 heavy (non-hydrogen) atoms. The van der Waals surface area contributed by atoms with Crippen LogP contribution in [0.3, 0.4) is 0 Å². The van der Waals surface area contributed by atoms with Crippen molar-refractivity contribution in [3.63, 3.8) is 0 Å². The van der Waals surface area contributed by atoms with Crippen LogP contribution in [-0.2, 0) is 17.1 Å². The van der Waals surface area contributed by atoms with Gasteiger partial charge in [-0.3, -0.25) is 9.59 Å². The highest BCUT2D eigenvalue weighted by atomic mass is 32.2. The molecule has 1 saturated heterocycles. The molecule has 1 fully saturated rings. The maximum Gasteiger partial charge on any atom is 0.253 e. The van der Waals surface area contributed by atoms with Gasteiger partial charge in [0.2, 0.25) is 5.91 Å². The molecule has 204 valence electrons. The van der Waals surface area contributed by atoms with E-state index in [-0.39, 0.29) is 11.8 Å². The lowest BCUT2D eigenvalue weighted by Crippen LogP contribution is -2.50. The topological polar surface area (TPSA) is 69.6 Å². The summed E-state index contributed by atoms with van der Waals surface area (Å²) < 4.78 is 0. The molecule has 0 radical (unpaired) electrons. The second-order valence-electron chi connectivity index (χ2n) is 9.89. The van der Waals surface area contributed by atoms with Gasteiger partial charge >= 0.3 is 0 Å². The fourth-order valence-corrected chi connectivity index (χ4v) is 5.51. The summed E-state index contributed by atoms with van der Waals surface area (Å²) in [5, 5.41) is 0.688. The normalized spacial score (nSPS) is 13.2. The number of rotatable bonds is 8. The monoisotopic (exact) mass is 551 g/mol. The van der Waals surface area contributed by atoms with Crippen LogP contribution in [0.15, 0.2) is 96.2 Å². The van der Waals surface area contributed by atoms with E-state index in [4.69, 9.17) is 9.97 Å². The van der Waals surface area contributed by atoms with Gasteiger partial charge in [-0.05, 0) is 23.3 Å². The van der Waals surface area contributed by atoms with Crippen LogP contribution >= 0.6 is 11.8 Å². The highest BCUT2D eigenvalue weighted by molar-refractivity contribution is 7.98. The molecule has 0 unspecified atom stereocenters. The minimum absolute atomic E-state index is 0.00204. The average Bonchev–Trinajstić information content (AvgIpc) is 3.00. The summed E-state index contributed by atoms with van der Waals surface area (Å²) in [6.45, 7) is 4.57. The second-order valence-corrected chi connectivity index (χ2v) is 10.8. The molecule has 0 atom stereocenters. The summed E-state index contributed by atoms with van der Waals surface area (Å²) in [6, 6.07) is 30.3. The van der Waals surface area contributed by atoms with E-state index in [1.165, 1.54) is 5.56 Å². The average molecular weight is 552 g/mol. The van der Waals surface area contributed by atoms with Crippen LogP contribution in [0.1, 0.15) is 28.4 Å². The van der Waals surface area contributed by atoms with Crippen LogP contribution in [0.25, 0.3) is 11.3 Å². The van der Waals surface area contributed by atoms with E-state index in [0.29, 0.717) is 42.7 Å². The number of piperazine rings is 1. The summed E-state index contributed by atoms with van der Waals surface area (Å²) in [4.78, 5) is 40.3. The van der Waals surface area contributed by atoms with Crippen molar-refractivity contribution in [2.75, 3.05) is 38.1 Å². The van der Waals surface area contributed by atoms with Crippen LogP contribution in [0.4, 0.5) is 5.82 Å². The third-order valence-corrected chi connectivity index (χ3v) is 7.89. The van der Waals surface area contributed by atoms with E-state index in [9.17, 15) is 9.59 Å². The lowest BCUT2D eigenvalue weighted by atomic mass is 10.1. The molecule has 2 heterocycles. The van der Waals surface area contributed by atoms with E-state index < -0.39 is 0 Å². The van der Waals surface area contributed by atoms with Crippen LogP contribution in [0, 0.1) is 0 Å². The molecule has 0 spiro atoms. The lowest BCUT2D eigenvalue weighted by molar-refractivity contribution is -0.130. The van der Waals surface area contributed by atoms with E-state index in [1.807, 2.05) is 78.7 Å². The minimum Gasteiger partial charge on any atom is -0.355 e. The third-order valence-electron chi connectivity index (χ3n) is 6.97. The van der Waals surface area contributed by atoms with Crippen LogP contribution in [0.2, 0.25) is 0 Å². The molecule has 0 saturated carbocycles. The zero-order chi connectivity index (χ0) is 27.9. The zero-order valence-corrected chi connectivity index (χ0v) is 23.7. The number of benzene rings is 3. The molecule has 2 amide bonds. The Bertz CT molecular complexity index is 1460. The van der Waals surface area contributed by atoms with Gasteiger partial charge in [-0.15, -0.1) is 0 Å². The van der Waals surface area contributed by atoms with Crippen LogP contribution < -0.4 is 4.90 Å². The van der Waals surface area contributed by atoms with Gasteiger partial charge in [0.15, 0.2) is 5.16 Å². The Morgan fingerprint density at radius 3 is 2.15 bits per heavy atom. The van der Waals surface area contributed by atoms with E-state index in [1.54, 1.807) is 23.6 Å². The number of thioether (sulfide) groups is 1. The maximum absolute atomic E-state index is 13.2. The first-order valence-electron chi connectivity index (χ1n) is 13.4. The number of aromatic nitrogens is 2. The van der Waals surface area contributed by atoms with Gasteiger partial charge < -0.3 is 14.7 Å². The SMILES string of the molecule is CC(=O)N1CCN(C(=O)c2cccc(CSc3nc(-c4ccccc4)cc(N(C)Cc4ccccc4)n3)c2)CC1. The van der Waals surface area contributed by atoms with E-state index in [2.05, 4.69) is 29.2 Å². The first-order chi connectivity index (χ1) is 19.5. The number of nitrogens with zero attached hydrogens (tertiary/aromatic N) is 5. The quantitative estimate of drug-likeness (QED) is 0.216. The molecule has 7 nitrogen and oxygen atoms in total. The highest BCUT2D eigenvalue weighted by Gasteiger charge is 2.23. The largest absolute Gasteiger partial charge is 0.355 e. The molecular weight excluding hydrogens is 518 g/mol. The number of hydrogen-bond donors (Lipinski definition) is 0. The lowest BCUT2D eigenvalue weighted by Gasteiger charge is -2.34. The van der Waals surface area contributed by atoms with Gasteiger partial charge in [0.05, 0.1) is 5.69 Å². The van der Waals surface area contributed by atoms with Gasteiger partial charge in [0, 0.05) is 69.6 Å². The van der Waals surface area contributed by atoms with Crippen molar-refractivity contribution < 1.29 is 9.59 Å². The van der Waals surface area contributed by atoms with Crippen molar-refractivity contribution in [2.24, 2.45) is 0 Å². The predicted octanol–water partition coefficient (Wildman–Crippen LogP) is 5.38. The molecule has 1 aliphatic rings. The molecule has 8 heteroatoms. The molecule has 1 aromatic heterocycles. The maximum atomic E-state index is 13.2. The summed E-state index contributed by atoms with van der Waals surface area (Å²) in [6.07, 6.45) is 0. The van der Waals surface area contributed by atoms with Crippen LogP contribution in [0.5, 0.6) is 0 Å². The van der Waals surface area contributed by atoms with Gasteiger partial charge in [-0.1, -0.05) is 84.6 Å².